The third kappa shape index (κ3) is 5.64. The maximum atomic E-state index is 14.3. The molecule has 1 aromatic carbocycles. The van der Waals surface area contributed by atoms with Crippen LogP contribution in [0.4, 0.5) is 4.39 Å². The number of nitrogens with one attached hydrogen (secondary N) is 3. The normalized spacial score (nSPS) is 14.8. The average Bonchev–Trinajstić information content (AvgIpc) is 3.21. The molecule has 0 radical (unpaired) electrons. The Morgan fingerprint density at radius 1 is 1.17 bits per heavy atom. The van der Waals surface area contributed by atoms with E-state index in [1.54, 1.807) is 24.3 Å². The topological polar surface area (TPSA) is 168 Å². The highest BCUT2D eigenvalue weighted by Gasteiger charge is 2.17. The number of nitrogens with zero attached hydrogens (tertiary/aromatic N) is 1. The van der Waals surface area contributed by atoms with Crippen LogP contribution in [0, 0.1) is 0 Å². The average molecular weight is 484 g/mol. The first kappa shape index (κ1) is 24.3. The Morgan fingerprint density at radius 3 is 2.74 bits per heavy atom. The van der Waals surface area contributed by atoms with Crippen LogP contribution in [0.15, 0.2) is 29.1 Å². The zero-order valence-electron chi connectivity index (χ0n) is 18.7. The number of carboxylic acids is 1. The molecular formula is C24H25FN4O6. The lowest BCUT2D eigenvalue weighted by Crippen LogP contribution is -2.37. The van der Waals surface area contributed by atoms with Crippen molar-refractivity contribution < 1.29 is 29.3 Å². The van der Waals surface area contributed by atoms with Gasteiger partial charge in [0.2, 0.25) is 0 Å². The smallest absolute Gasteiger partial charge is 0.305 e. The molecule has 4 rings (SSSR count). The van der Waals surface area contributed by atoms with Gasteiger partial charge in [0.25, 0.3) is 11.5 Å². The third-order valence-electron chi connectivity index (χ3n) is 5.79. The van der Waals surface area contributed by atoms with Crippen LogP contribution in [0.3, 0.4) is 0 Å². The number of rotatable bonds is 9. The van der Waals surface area contributed by atoms with E-state index in [0.717, 1.165) is 0 Å². The number of carbonyl (C=O) groups is 2. The highest BCUT2D eigenvalue weighted by Crippen LogP contribution is 2.19. The Hall–Kier alpha value is -3.83. The lowest BCUT2D eigenvalue weighted by atomic mass is 10.1. The van der Waals surface area contributed by atoms with Gasteiger partial charge >= 0.3 is 5.97 Å². The molecule has 10 nitrogen and oxygen atoms in total. The van der Waals surface area contributed by atoms with E-state index in [2.05, 4.69) is 20.3 Å². The summed E-state index contributed by atoms with van der Waals surface area (Å²) in [6.45, 7) is 0.121. The summed E-state index contributed by atoms with van der Waals surface area (Å²) in [4.78, 5) is 45.7. The summed E-state index contributed by atoms with van der Waals surface area (Å²) in [6.07, 6.45) is 0.0360. The maximum Gasteiger partial charge on any atom is 0.305 e. The van der Waals surface area contributed by atoms with Crippen molar-refractivity contribution in [1.82, 2.24) is 20.3 Å². The van der Waals surface area contributed by atoms with Crippen LogP contribution in [0.2, 0.25) is 0 Å². The van der Waals surface area contributed by atoms with E-state index in [1.165, 1.54) is 6.07 Å². The first-order valence-electron chi connectivity index (χ1n) is 11.2. The second-order valence-corrected chi connectivity index (χ2v) is 8.49. The molecule has 2 heterocycles. The van der Waals surface area contributed by atoms with Gasteiger partial charge < -0.3 is 30.6 Å². The third-order valence-corrected chi connectivity index (χ3v) is 5.79. The molecule has 2 unspecified atom stereocenters. The van der Waals surface area contributed by atoms with E-state index in [-0.39, 0.29) is 43.0 Å². The van der Waals surface area contributed by atoms with E-state index in [9.17, 15) is 29.0 Å². The van der Waals surface area contributed by atoms with Crippen LogP contribution in [-0.4, -0.2) is 60.9 Å². The van der Waals surface area contributed by atoms with Crippen LogP contribution in [0.25, 0.3) is 34.3 Å². The van der Waals surface area contributed by atoms with E-state index in [4.69, 9.17) is 5.11 Å². The molecular weight excluding hydrogens is 459 g/mol. The summed E-state index contributed by atoms with van der Waals surface area (Å²) < 4.78 is 14.3. The SMILES string of the molecule is O=C(O)CC(O)CC(O)CCNC(=O)c1ccc2nc(-c3cc4c([nH]c3=O)=CCCC=4F)[nH]c2c1. The molecule has 2 aromatic heterocycles. The van der Waals surface area contributed by atoms with Crippen molar-refractivity contribution in [3.63, 3.8) is 0 Å². The Morgan fingerprint density at radius 2 is 1.97 bits per heavy atom. The number of benzene rings is 1. The van der Waals surface area contributed by atoms with Gasteiger partial charge in [-0.15, -0.1) is 0 Å². The maximum absolute atomic E-state index is 14.3. The van der Waals surface area contributed by atoms with Crippen LogP contribution in [0.1, 0.15) is 42.5 Å². The van der Waals surface area contributed by atoms with Crippen molar-refractivity contribution in [3.05, 3.63) is 50.8 Å². The van der Waals surface area contributed by atoms with Crippen molar-refractivity contribution >= 4 is 34.8 Å². The number of imidazole rings is 1. The van der Waals surface area contributed by atoms with Gasteiger partial charge in [0.15, 0.2) is 0 Å². The number of aliphatic hydroxyl groups is 2. The van der Waals surface area contributed by atoms with Crippen LogP contribution in [-0.2, 0) is 4.79 Å². The molecule has 0 spiro atoms. The van der Waals surface area contributed by atoms with E-state index < -0.39 is 36.1 Å². The molecule has 1 aliphatic carbocycles. The number of carbonyl (C=O) groups excluding carboxylic acids is 1. The zero-order valence-corrected chi connectivity index (χ0v) is 18.7. The van der Waals surface area contributed by atoms with Crippen molar-refractivity contribution in [2.24, 2.45) is 0 Å². The number of fused-ring (bicyclic) bond motifs is 2. The first-order chi connectivity index (χ1) is 16.7. The number of H-pyrrole nitrogens is 2. The molecule has 184 valence electrons. The second-order valence-electron chi connectivity index (χ2n) is 8.49. The monoisotopic (exact) mass is 484 g/mol. The number of hydrogen-bond donors (Lipinski definition) is 6. The molecule has 6 N–H and O–H groups in total. The van der Waals surface area contributed by atoms with Crippen molar-refractivity contribution in [2.45, 2.75) is 44.3 Å². The quantitative estimate of drug-likeness (QED) is 0.253. The molecule has 2 atom stereocenters. The van der Waals surface area contributed by atoms with Crippen molar-refractivity contribution in [2.75, 3.05) is 6.54 Å². The van der Waals surface area contributed by atoms with Crippen LogP contribution in [0.5, 0.6) is 0 Å². The largest absolute Gasteiger partial charge is 0.481 e. The first-order valence-corrected chi connectivity index (χ1v) is 11.2. The molecule has 3 aromatic rings. The number of hydrogen-bond acceptors (Lipinski definition) is 6. The second kappa shape index (κ2) is 10.2. The molecule has 35 heavy (non-hydrogen) atoms. The van der Waals surface area contributed by atoms with Gasteiger partial charge in [-0.25, -0.2) is 9.37 Å². The minimum atomic E-state index is -1.16. The molecule has 0 fully saturated rings. The number of amides is 1. The summed E-state index contributed by atoms with van der Waals surface area (Å²) in [7, 11) is 0. The summed E-state index contributed by atoms with van der Waals surface area (Å²) in [5.41, 5.74) is 1.14. The zero-order chi connectivity index (χ0) is 25.1. The molecule has 1 amide bonds. The number of aliphatic carboxylic acids is 1. The molecule has 0 saturated heterocycles. The van der Waals surface area contributed by atoms with E-state index in [0.29, 0.717) is 33.6 Å². The fourth-order valence-electron chi connectivity index (χ4n) is 4.03. The van der Waals surface area contributed by atoms with Crippen LogP contribution >= 0.6 is 0 Å². The lowest BCUT2D eigenvalue weighted by molar-refractivity contribution is -0.139. The van der Waals surface area contributed by atoms with Gasteiger partial charge in [0, 0.05) is 29.1 Å². The van der Waals surface area contributed by atoms with Gasteiger partial charge in [-0.1, -0.05) is 6.08 Å². The number of carboxylic acid groups (broad SMARTS) is 1. The number of pyridine rings is 1. The van der Waals surface area contributed by atoms with Gasteiger partial charge in [0.05, 0.1) is 35.2 Å². The number of aromatic amines is 2. The summed E-state index contributed by atoms with van der Waals surface area (Å²) >= 11 is 0. The lowest BCUT2D eigenvalue weighted by Gasteiger charge is -2.14. The summed E-state index contributed by atoms with van der Waals surface area (Å²) in [6, 6.07) is 6.23. The Balaban J connectivity index is 1.46. The van der Waals surface area contributed by atoms with Crippen molar-refractivity contribution in [3.8, 4) is 11.4 Å². The number of aliphatic hydroxyl groups excluding tert-OH is 2. The Kier molecular flexibility index (Phi) is 7.08. The minimum Gasteiger partial charge on any atom is -0.481 e. The molecule has 0 aliphatic heterocycles. The number of aromatic nitrogens is 3. The molecule has 1 aliphatic rings. The van der Waals surface area contributed by atoms with Gasteiger partial charge in [-0.2, -0.15) is 0 Å². The fourth-order valence-corrected chi connectivity index (χ4v) is 4.03. The highest BCUT2D eigenvalue weighted by molar-refractivity contribution is 5.97. The minimum absolute atomic E-state index is 0.105. The Labute approximate surface area is 197 Å². The Bertz CT molecular complexity index is 1460. The summed E-state index contributed by atoms with van der Waals surface area (Å²) in [5, 5.41) is 31.6. The summed E-state index contributed by atoms with van der Waals surface area (Å²) in [5.74, 6) is -1.60. The van der Waals surface area contributed by atoms with Crippen LogP contribution < -0.4 is 21.4 Å². The number of halogens is 1. The highest BCUT2D eigenvalue weighted by atomic mass is 19.1. The molecule has 11 heteroatoms. The fraction of sp³-hybridized carbons (Fsp3) is 0.333. The van der Waals surface area contributed by atoms with Crippen molar-refractivity contribution in [1.29, 1.82) is 0 Å². The molecule has 0 bridgehead atoms. The molecule has 0 saturated carbocycles. The van der Waals surface area contributed by atoms with Gasteiger partial charge in [0.1, 0.15) is 11.7 Å². The predicted octanol–water partition coefficient (Wildman–Crippen LogP) is 0.277. The standard InChI is InChI=1S/C24H25FN4O6/c25-17-2-1-3-18-15(17)11-16(24(35)29-18)22-27-19-5-4-12(8-20(19)28-22)23(34)26-7-6-13(30)9-14(31)10-21(32)33/h3-5,8,11,13-14,30-31H,1-2,6-7,9-10H2,(H,26,34)(H,27,28)(H,29,35)(H,32,33). The van der Waals surface area contributed by atoms with Gasteiger partial charge in [-0.3, -0.25) is 14.4 Å². The van der Waals surface area contributed by atoms with Gasteiger partial charge in [-0.05, 0) is 43.5 Å². The van der Waals surface area contributed by atoms with E-state index >= 15 is 0 Å². The van der Waals surface area contributed by atoms with E-state index in [1.807, 2.05) is 0 Å². The predicted molar refractivity (Wildman–Crippen MR) is 125 cm³/mol.